The minimum Gasteiger partial charge on any atom is -0.477 e. The van der Waals surface area contributed by atoms with Gasteiger partial charge in [-0.05, 0) is 29.9 Å². The number of nitrogens with one attached hydrogen (secondary N) is 1. The summed E-state index contributed by atoms with van der Waals surface area (Å²) < 4.78 is 0. The summed E-state index contributed by atoms with van der Waals surface area (Å²) in [7, 11) is 0. The van der Waals surface area contributed by atoms with Crippen molar-refractivity contribution in [2.24, 2.45) is 0 Å². The zero-order chi connectivity index (χ0) is 11.4. The number of thiophene rings is 1. The first-order valence-electron chi connectivity index (χ1n) is 5.80. The zero-order valence-electron chi connectivity index (χ0n) is 9.24. The largest absolute Gasteiger partial charge is 0.477 e. The van der Waals surface area contributed by atoms with E-state index in [0.29, 0.717) is 17.5 Å². The molecular formula is C12H17NO2S. The van der Waals surface area contributed by atoms with Crippen molar-refractivity contribution in [3.63, 3.8) is 0 Å². The summed E-state index contributed by atoms with van der Waals surface area (Å²) in [6, 6.07) is 2.49. The molecule has 88 valence electrons. The van der Waals surface area contributed by atoms with Gasteiger partial charge < -0.3 is 10.4 Å². The number of hydrogen-bond acceptors (Lipinski definition) is 3. The van der Waals surface area contributed by atoms with Crippen molar-refractivity contribution in [3.8, 4) is 0 Å². The molecule has 1 aliphatic rings. The van der Waals surface area contributed by atoms with Crippen LogP contribution in [0.5, 0.6) is 0 Å². The quantitative estimate of drug-likeness (QED) is 0.849. The molecule has 1 saturated carbocycles. The summed E-state index contributed by atoms with van der Waals surface area (Å²) in [5.74, 6) is -0.810. The van der Waals surface area contributed by atoms with Crippen molar-refractivity contribution in [2.45, 2.75) is 44.7 Å². The van der Waals surface area contributed by atoms with Gasteiger partial charge in [0.05, 0.1) is 0 Å². The fourth-order valence-electron chi connectivity index (χ4n) is 2.22. The molecule has 2 N–H and O–H groups in total. The Balaban J connectivity index is 1.88. The van der Waals surface area contributed by atoms with Crippen molar-refractivity contribution in [3.05, 3.63) is 21.9 Å². The highest BCUT2D eigenvalue weighted by Gasteiger charge is 2.15. The van der Waals surface area contributed by atoms with Crippen LogP contribution >= 0.6 is 11.3 Å². The lowest BCUT2D eigenvalue weighted by atomic mass is 9.95. The molecule has 0 saturated heterocycles. The molecule has 1 fully saturated rings. The molecule has 0 radical (unpaired) electrons. The first-order valence-corrected chi connectivity index (χ1v) is 6.68. The van der Waals surface area contributed by atoms with Gasteiger partial charge >= 0.3 is 5.97 Å². The van der Waals surface area contributed by atoms with Crippen molar-refractivity contribution < 1.29 is 9.90 Å². The summed E-state index contributed by atoms with van der Waals surface area (Å²) in [5.41, 5.74) is 0.920. The third kappa shape index (κ3) is 2.83. The highest BCUT2D eigenvalue weighted by Crippen LogP contribution is 2.20. The molecule has 0 unspecified atom stereocenters. The maximum atomic E-state index is 10.9. The number of aromatic carboxylic acids is 1. The van der Waals surface area contributed by atoms with Crippen molar-refractivity contribution in [1.82, 2.24) is 5.32 Å². The van der Waals surface area contributed by atoms with Crippen LogP contribution in [0.3, 0.4) is 0 Å². The van der Waals surface area contributed by atoms with Gasteiger partial charge in [0.15, 0.2) is 0 Å². The van der Waals surface area contributed by atoms with Gasteiger partial charge in [-0.2, -0.15) is 0 Å². The lowest BCUT2D eigenvalue weighted by molar-refractivity contribution is 0.0701. The van der Waals surface area contributed by atoms with Crippen molar-refractivity contribution >= 4 is 17.3 Å². The van der Waals surface area contributed by atoms with E-state index >= 15 is 0 Å². The van der Waals surface area contributed by atoms with Crippen LogP contribution in [0, 0.1) is 0 Å². The fourth-order valence-corrected chi connectivity index (χ4v) is 2.98. The molecule has 0 bridgehead atoms. The first-order chi connectivity index (χ1) is 7.77. The van der Waals surface area contributed by atoms with Crippen molar-refractivity contribution in [1.29, 1.82) is 0 Å². The summed E-state index contributed by atoms with van der Waals surface area (Å²) in [4.78, 5) is 11.4. The van der Waals surface area contributed by atoms with E-state index in [1.807, 2.05) is 11.4 Å². The molecule has 2 rings (SSSR count). The molecular weight excluding hydrogens is 222 g/mol. The Kier molecular flexibility index (Phi) is 3.96. The van der Waals surface area contributed by atoms with Gasteiger partial charge in [0.2, 0.25) is 0 Å². The van der Waals surface area contributed by atoms with Crippen LogP contribution in [-0.4, -0.2) is 17.1 Å². The second-order valence-corrected chi connectivity index (χ2v) is 5.21. The monoisotopic (exact) mass is 239 g/mol. The van der Waals surface area contributed by atoms with Gasteiger partial charge in [-0.25, -0.2) is 4.79 Å². The number of carboxylic acid groups (broad SMARTS) is 1. The third-order valence-electron chi connectivity index (χ3n) is 3.13. The molecule has 16 heavy (non-hydrogen) atoms. The number of hydrogen-bond donors (Lipinski definition) is 2. The molecule has 0 aliphatic heterocycles. The smallest absolute Gasteiger partial charge is 0.346 e. The topological polar surface area (TPSA) is 49.3 Å². The van der Waals surface area contributed by atoms with Crippen LogP contribution in [-0.2, 0) is 6.54 Å². The molecule has 1 aromatic rings. The normalized spacial score (nSPS) is 17.5. The van der Waals surface area contributed by atoms with Crippen LogP contribution in [0.2, 0.25) is 0 Å². The number of rotatable bonds is 4. The standard InChI is InChI=1S/C12H17NO2S/c14-12(15)11-9(6-7-16-11)8-13-10-4-2-1-3-5-10/h6-7,10,13H,1-5,8H2,(H,14,15). The Morgan fingerprint density at radius 3 is 2.88 bits per heavy atom. The maximum absolute atomic E-state index is 10.9. The molecule has 4 heteroatoms. The highest BCUT2D eigenvalue weighted by molar-refractivity contribution is 7.12. The Labute approximate surface area is 99.5 Å². The van der Waals surface area contributed by atoms with Gasteiger partial charge in [0.1, 0.15) is 4.88 Å². The van der Waals surface area contributed by atoms with E-state index in [1.165, 1.54) is 43.4 Å². The van der Waals surface area contributed by atoms with E-state index in [1.54, 1.807) is 0 Å². The number of carbonyl (C=O) groups is 1. The molecule has 1 aromatic heterocycles. The van der Waals surface area contributed by atoms with Gasteiger partial charge in [-0.15, -0.1) is 11.3 Å². The minimum absolute atomic E-state index is 0.475. The fraction of sp³-hybridized carbons (Fsp3) is 0.583. The predicted molar refractivity (Wildman–Crippen MR) is 65.0 cm³/mol. The van der Waals surface area contributed by atoms with E-state index in [2.05, 4.69) is 5.32 Å². The molecule has 1 aliphatic carbocycles. The molecule has 3 nitrogen and oxygen atoms in total. The molecule has 0 atom stereocenters. The Morgan fingerprint density at radius 1 is 1.44 bits per heavy atom. The van der Waals surface area contributed by atoms with E-state index in [0.717, 1.165) is 5.56 Å². The maximum Gasteiger partial charge on any atom is 0.346 e. The van der Waals surface area contributed by atoms with Crippen LogP contribution in [0.25, 0.3) is 0 Å². The predicted octanol–water partition coefficient (Wildman–Crippen LogP) is 2.87. The summed E-state index contributed by atoms with van der Waals surface area (Å²) in [6.07, 6.45) is 6.40. The van der Waals surface area contributed by atoms with Crippen LogP contribution in [0.1, 0.15) is 47.3 Å². The molecule has 0 spiro atoms. The average Bonchev–Trinajstić information content (AvgIpc) is 2.76. The van der Waals surface area contributed by atoms with E-state index < -0.39 is 5.97 Å². The van der Waals surface area contributed by atoms with Crippen LogP contribution in [0.4, 0.5) is 0 Å². The lowest BCUT2D eigenvalue weighted by Gasteiger charge is -2.22. The second-order valence-electron chi connectivity index (χ2n) is 4.30. The molecule has 0 amide bonds. The molecule has 1 heterocycles. The third-order valence-corrected chi connectivity index (χ3v) is 4.07. The molecule has 0 aromatic carbocycles. The SMILES string of the molecule is O=C(O)c1sccc1CNC1CCCCC1. The van der Waals surface area contributed by atoms with Gasteiger partial charge in [-0.3, -0.25) is 0 Å². The summed E-state index contributed by atoms with van der Waals surface area (Å²) >= 11 is 1.30. The van der Waals surface area contributed by atoms with E-state index in [9.17, 15) is 4.79 Å². The van der Waals surface area contributed by atoms with E-state index in [-0.39, 0.29) is 0 Å². The highest BCUT2D eigenvalue weighted by atomic mass is 32.1. The summed E-state index contributed by atoms with van der Waals surface area (Å²) in [6.45, 7) is 0.690. The van der Waals surface area contributed by atoms with Gasteiger partial charge in [-0.1, -0.05) is 19.3 Å². The Hall–Kier alpha value is -0.870. The van der Waals surface area contributed by atoms with Crippen molar-refractivity contribution in [2.75, 3.05) is 0 Å². The minimum atomic E-state index is -0.810. The van der Waals surface area contributed by atoms with Gasteiger partial charge in [0, 0.05) is 12.6 Å². The average molecular weight is 239 g/mol. The Morgan fingerprint density at radius 2 is 2.19 bits per heavy atom. The van der Waals surface area contributed by atoms with Gasteiger partial charge in [0.25, 0.3) is 0 Å². The van der Waals surface area contributed by atoms with E-state index in [4.69, 9.17) is 5.11 Å². The first kappa shape index (κ1) is 11.6. The van der Waals surface area contributed by atoms with Crippen LogP contribution in [0.15, 0.2) is 11.4 Å². The Bertz CT molecular complexity index is 356. The van der Waals surface area contributed by atoms with Crippen LogP contribution < -0.4 is 5.32 Å². The zero-order valence-corrected chi connectivity index (χ0v) is 10.1. The number of carboxylic acids is 1. The summed E-state index contributed by atoms with van der Waals surface area (Å²) in [5, 5.41) is 14.3. The second kappa shape index (κ2) is 5.46. The lowest BCUT2D eigenvalue weighted by Crippen LogP contribution is -2.30.